The third-order valence-electron chi connectivity index (χ3n) is 4.90. The summed E-state index contributed by atoms with van der Waals surface area (Å²) in [5.41, 5.74) is 1.04. The summed E-state index contributed by atoms with van der Waals surface area (Å²) in [4.78, 5) is 14.4. The molecule has 1 aromatic carbocycles. The highest BCUT2D eigenvalue weighted by Gasteiger charge is 2.46. The van der Waals surface area contributed by atoms with Gasteiger partial charge in [-0.2, -0.15) is 0 Å². The van der Waals surface area contributed by atoms with Crippen LogP contribution in [0.2, 0.25) is 10.0 Å². The molecule has 7 heteroatoms. The van der Waals surface area contributed by atoms with Crippen LogP contribution in [-0.4, -0.2) is 43.8 Å². The largest absolute Gasteiger partial charge is 0.342 e. The maximum atomic E-state index is 12.6. The summed E-state index contributed by atoms with van der Waals surface area (Å²) in [6.45, 7) is 0. The molecule has 3 rings (SSSR count). The van der Waals surface area contributed by atoms with Crippen LogP contribution in [0.25, 0.3) is 0 Å². The number of halogens is 2. The third-order valence-corrected chi connectivity index (χ3v) is 7.35. The molecule has 1 aromatic rings. The highest BCUT2D eigenvalue weighted by Crippen LogP contribution is 2.49. The Kier molecular flexibility index (Phi) is 4.64. The maximum absolute atomic E-state index is 12.6. The Balaban J connectivity index is 1.62. The molecule has 4 nitrogen and oxygen atoms in total. The van der Waals surface area contributed by atoms with Crippen molar-refractivity contribution in [1.29, 1.82) is 0 Å². The third kappa shape index (κ3) is 3.67. The van der Waals surface area contributed by atoms with E-state index in [4.69, 9.17) is 23.2 Å². The molecule has 0 unspecified atom stereocenters. The Morgan fingerprint density at radius 1 is 1.17 bits per heavy atom. The lowest BCUT2D eigenvalue weighted by atomic mass is 10.1. The fraction of sp³-hybridized carbons (Fsp3) is 0.562. The van der Waals surface area contributed by atoms with Gasteiger partial charge in [-0.25, -0.2) is 8.42 Å². The molecule has 0 N–H and O–H groups in total. The van der Waals surface area contributed by atoms with Gasteiger partial charge < -0.3 is 4.90 Å². The number of hydrogen-bond acceptors (Lipinski definition) is 3. The average molecular weight is 376 g/mol. The van der Waals surface area contributed by atoms with Gasteiger partial charge in [0.25, 0.3) is 0 Å². The van der Waals surface area contributed by atoms with Crippen LogP contribution in [0.5, 0.6) is 0 Å². The quantitative estimate of drug-likeness (QED) is 0.815. The summed E-state index contributed by atoms with van der Waals surface area (Å²) in [6.07, 6.45) is 1.88. The number of nitrogens with zero attached hydrogens (tertiary/aromatic N) is 1. The second-order valence-corrected chi connectivity index (χ2v) is 9.57. The van der Waals surface area contributed by atoms with Gasteiger partial charge in [0.05, 0.1) is 21.6 Å². The fourth-order valence-electron chi connectivity index (χ4n) is 3.29. The van der Waals surface area contributed by atoms with Gasteiger partial charge in [0, 0.05) is 19.0 Å². The number of benzene rings is 1. The van der Waals surface area contributed by atoms with E-state index in [0.717, 1.165) is 12.0 Å². The van der Waals surface area contributed by atoms with Crippen LogP contribution < -0.4 is 0 Å². The molecule has 2 aliphatic rings. The molecule has 23 heavy (non-hydrogen) atoms. The highest BCUT2D eigenvalue weighted by atomic mass is 35.5. The first-order valence-electron chi connectivity index (χ1n) is 7.70. The maximum Gasteiger partial charge on any atom is 0.226 e. The molecule has 2 atom stereocenters. The van der Waals surface area contributed by atoms with Gasteiger partial charge >= 0.3 is 0 Å². The average Bonchev–Trinajstić information content (AvgIpc) is 3.29. The smallest absolute Gasteiger partial charge is 0.226 e. The molecule has 1 heterocycles. The molecule has 2 fully saturated rings. The summed E-state index contributed by atoms with van der Waals surface area (Å²) >= 11 is 12.0. The van der Waals surface area contributed by atoms with Crippen LogP contribution >= 0.6 is 23.2 Å². The summed E-state index contributed by atoms with van der Waals surface area (Å²) < 4.78 is 23.0. The van der Waals surface area contributed by atoms with Gasteiger partial charge in [0.15, 0.2) is 0 Å². The molecule has 0 bridgehead atoms. The first-order chi connectivity index (χ1) is 10.8. The summed E-state index contributed by atoms with van der Waals surface area (Å²) in [5, 5.41) is 1.02. The zero-order valence-corrected chi connectivity index (χ0v) is 15.2. The lowest BCUT2D eigenvalue weighted by Gasteiger charge is -2.31. The number of carbonyl (C=O) groups excluding carboxylic acids is 1. The van der Waals surface area contributed by atoms with Crippen molar-refractivity contribution in [2.24, 2.45) is 5.92 Å². The van der Waals surface area contributed by atoms with Crippen molar-refractivity contribution < 1.29 is 13.2 Å². The van der Waals surface area contributed by atoms with Crippen molar-refractivity contribution in [3.05, 3.63) is 33.8 Å². The molecule has 0 radical (unpaired) electrons. The number of carbonyl (C=O) groups is 1. The topological polar surface area (TPSA) is 54.5 Å². The second-order valence-electron chi connectivity index (χ2n) is 6.45. The Hall–Kier alpha value is -0.780. The van der Waals surface area contributed by atoms with Gasteiger partial charge in [-0.1, -0.05) is 29.3 Å². The molecular formula is C16H19Cl2NO3S. The molecule has 1 aliphatic carbocycles. The van der Waals surface area contributed by atoms with Crippen LogP contribution in [0, 0.1) is 5.92 Å². The molecule has 1 aliphatic heterocycles. The number of amides is 1. The molecule has 1 saturated carbocycles. The van der Waals surface area contributed by atoms with Gasteiger partial charge in [-0.3, -0.25) is 4.79 Å². The molecule has 0 spiro atoms. The lowest BCUT2D eigenvalue weighted by Crippen LogP contribution is -2.43. The standard InChI is InChI=1S/C16H19Cl2NO3S/c1-19(11-4-6-23(21,22)7-5-11)16(20)13-9-12(13)10-2-3-14(17)15(18)8-10/h2-3,8,11-13H,4-7,9H2,1H3/t12-,13+/m1/s1. The van der Waals surface area contributed by atoms with Gasteiger partial charge in [0.2, 0.25) is 5.91 Å². The predicted molar refractivity (Wildman–Crippen MR) is 91.8 cm³/mol. The van der Waals surface area contributed by atoms with E-state index < -0.39 is 9.84 Å². The monoisotopic (exact) mass is 375 g/mol. The molecule has 1 amide bonds. The number of hydrogen-bond donors (Lipinski definition) is 0. The molecule has 1 saturated heterocycles. The Morgan fingerprint density at radius 2 is 1.83 bits per heavy atom. The minimum Gasteiger partial charge on any atom is -0.342 e. The van der Waals surface area contributed by atoms with E-state index in [0.29, 0.717) is 22.9 Å². The Morgan fingerprint density at radius 3 is 2.43 bits per heavy atom. The van der Waals surface area contributed by atoms with Crippen LogP contribution in [0.3, 0.4) is 0 Å². The number of sulfone groups is 1. The van der Waals surface area contributed by atoms with E-state index in [2.05, 4.69) is 0 Å². The first-order valence-corrected chi connectivity index (χ1v) is 10.3. The Bertz CT molecular complexity index is 721. The van der Waals surface area contributed by atoms with Crippen molar-refractivity contribution in [3.8, 4) is 0 Å². The SMILES string of the molecule is CN(C(=O)[C@H]1C[C@@H]1c1ccc(Cl)c(Cl)c1)C1CCS(=O)(=O)CC1. The van der Waals surface area contributed by atoms with Crippen LogP contribution in [0.4, 0.5) is 0 Å². The second kappa shape index (κ2) is 6.26. The number of rotatable bonds is 3. The van der Waals surface area contributed by atoms with Crippen LogP contribution in [0.1, 0.15) is 30.7 Å². The summed E-state index contributed by atoms with van der Waals surface area (Å²) in [6, 6.07) is 5.53. The normalized spacial score (nSPS) is 26.7. The van der Waals surface area contributed by atoms with E-state index in [-0.39, 0.29) is 35.3 Å². The zero-order valence-electron chi connectivity index (χ0n) is 12.8. The Labute approximate surface area is 146 Å². The van der Waals surface area contributed by atoms with E-state index >= 15 is 0 Å². The first kappa shape index (κ1) is 17.1. The zero-order chi connectivity index (χ0) is 16.8. The molecule has 126 valence electrons. The molecular weight excluding hydrogens is 357 g/mol. The van der Waals surface area contributed by atoms with Crippen LogP contribution in [-0.2, 0) is 14.6 Å². The summed E-state index contributed by atoms with van der Waals surface area (Å²) in [5.74, 6) is 0.611. The van der Waals surface area contributed by atoms with Gasteiger partial charge in [0.1, 0.15) is 9.84 Å². The van der Waals surface area contributed by atoms with E-state index in [9.17, 15) is 13.2 Å². The minimum atomic E-state index is -2.91. The molecule has 0 aromatic heterocycles. The highest BCUT2D eigenvalue weighted by molar-refractivity contribution is 7.91. The van der Waals surface area contributed by atoms with Crippen molar-refractivity contribution in [2.75, 3.05) is 18.6 Å². The van der Waals surface area contributed by atoms with Crippen molar-refractivity contribution in [3.63, 3.8) is 0 Å². The van der Waals surface area contributed by atoms with Crippen molar-refractivity contribution in [2.45, 2.75) is 31.2 Å². The van der Waals surface area contributed by atoms with Gasteiger partial charge in [-0.15, -0.1) is 0 Å². The summed E-state index contributed by atoms with van der Waals surface area (Å²) in [7, 11) is -1.12. The van der Waals surface area contributed by atoms with Crippen molar-refractivity contribution in [1.82, 2.24) is 4.90 Å². The minimum absolute atomic E-state index is 0.0288. The van der Waals surface area contributed by atoms with E-state index in [1.54, 1.807) is 18.0 Å². The van der Waals surface area contributed by atoms with E-state index in [1.165, 1.54) is 0 Å². The lowest BCUT2D eigenvalue weighted by molar-refractivity contribution is -0.133. The fourth-order valence-corrected chi connectivity index (χ4v) is 5.06. The predicted octanol–water partition coefficient (Wildman–Crippen LogP) is 3.13. The van der Waals surface area contributed by atoms with Crippen LogP contribution in [0.15, 0.2) is 18.2 Å². The van der Waals surface area contributed by atoms with Crippen molar-refractivity contribution >= 4 is 38.9 Å². The van der Waals surface area contributed by atoms with E-state index in [1.807, 2.05) is 12.1 Å². The van der Waals surface area contributed by atoms with Gasteiger partial charge in [-0.05, 0) is 42.9 Å².